The van der Waals surface area contributed by atoms with E-state index >= 15 is 0 Å². The largest absolute Gasteiger partial charge is 0.418 e. The molecular formula is C16H15NO5S. The summed E-state index contributed by atoms with van der Waals surface area (Å²) in [4.78, 5) is 11.4. The molecular weight excluding hydrogens is 318 g/mol. The summed E-state index contributed by atoms with van der Waals surface area (Å²) in [5.74, 6) is -0.685. The van der Waals surface area contributed by atoms with E-state index in [-0.39, 0.29) is 5.69 Å². The zero-order chi connectivity index (χ0) is 16.9. The van der Waals surface area contributed by atoms with E-state index in [1.54, 1.807) is 12.1 Å². The van der Waals surface area contributed by atoms with Gasteiger partial charge in [0.25, 0.3) is 0 Å². The minimum Gasteiger partial charge on any atom is -0.272 e. The number of rotatable bonds is 5. The maximum absolute atomic E-state index is 11.4. The maximum atomic E-state index is 11.4. The third kappa shape index (κ3) is 5.33. The van der Waals surface area contributed by atoms with E-state index in [1.807, 2.05) is 42.5 Å². The van der Waals surface area contributed by atoms with Gasteiger partial charge in [0.15, 0.2) is 0 Å². The van der Waals surface area contributed by atoms with Crippen LogP contribution in [0.4, 0.5) is 5.69 Å². The van der Waals surface area contributed by atoms with Crippen molar-refractivity contribution < 1.29 is 22.0 Å². The summed E-state index contributed by atoms with van der Waals surface area (Å²) in [6.07, 6.45) is 3.80. The fourth-order valence-corrected chi connectivity index (χ4v) is 2.23. The Kier molecular flexibility index (Phi) is 5.28. The molecule has 0 atom stereocenters. The molecule has 0 aliphatic rings. The highest BCUT2D eigenvalue weighted by Gasteiger charge is 2.19. The Morgan fingerprint density at radius 3 is 2.00 bits per heavy atom. The number of anilines is 1. The standard InChI is InChI=1S/C16H15NO5S/c1-13(18)17(22-23(19,20)21)16-11-9-15(10-12-16)8-7-14-5-3-2-4-6-14/h2-12H,1H3,(H,19,20,21)/b8-7+. The van der Waals surface area contributed by atoms with Crippen LogP contribution in [-0.4, -0.2) is 18.9 Å². The van der Waals surface area contributed by atoms with Gasteiger partial charge in [-0.3, -0.25) is 9.35 Å². The van der Waals surface area contributed by atoms with Gasteiger partial charge >= 0.3 is 10.4 Å². The molecule has 0 spiro atoms. The van der Waals surface area contributed by atoms with Crippen LogP contribution in [0.25, 0.3) is 12.2 Å². The fraction of sp³-hybridized carbons (Fsp3) is 0.0625. The Hall–Kier alpha value is -2.48. The molecule has 0 aromatic heterocycles. The second kappa shape index (κ2) is 7.19. The minimum absolute atomic E-state index is 0.187. The highest BCUT2D eigenvalue weighted by Crippen LogP contribution is 2.18. The molecule has 0 aliphatic carbocycles. The number of amides is 1. The Balaban J connectivity index is 2.17. The SMILES string of the molecule is CC(=O)N(OS(=O)(=O)O)c1ccc(/C=C/c2ccccc2)cc1. The molecule has 120 valence electrons. The first kappa shape index (κ1) is 16.9. The van der Waals surface area contributed by atoms with Crippen LogP contribution in [0.3, 0.4) is 0 Å². The molecule has 0 saturated carbocycles. The first-order valence-corrected chi connectivity index (χ1v) is 8.02. The molecule has 0 heterocycles. The van der Waals surface area contributed by atoms with E-state index in [9.17, 15) is 13.2 Å². The molecule has 2 aromatic carbocycles. The summed E-state index contributed by atoms with van der Waals surface area (Å²) in [5, 5.41) is 0.500. The summed E-state index contributed by atoms with van der Waals surface area (Å²) in [6, 6.07) is 16.1. The molecule has 6 nitrogen and oxygen atoms in total. The number of nitrogens with zero attached hydrogens (tertiary/aromatic N) is 1. The van der Waals surface area contributed by atoms with E-state index in [4.69, 9.17) is 4.55 Å². The lowest BCUT2D eigenvalue weighted by Gasteiger charge is -2.17. The molecule has 0 bridgehead atoms. The van der Waals surface area contributed by atoms with Gasteiger partial charge in [0.05, 0.1) is 5.69 Å². The molecule has 0 aliphatic heterocycles. The van der Waals surface area contributed by atoms with Crippen LogP contribution in [0, 0.1) is 0 Å². The summed E-state index contributed by atoms with van der Waals surface area (Å²) >= 11 is 0. The Morgan fingerprint density at radius 2 is 1.52 bits per heavy atom. The summed E-state index contributed by atoms with van der Waals surface area (Å²) in [7, 11) is -4.78. The third-order valence-corrected chi connectivity index (χ3v) is 3.19. The first-order chi connectivity index (χ1) is 10.8. The summed E-state index contributed by atoms with van der Waals surface area (Å²) in [6.45, 7) is 1.12. The summed E-state index contributed by atoms with van der Waals surface area (Å²) < 4.78 is 34.5. The van der Waals surface area contributed by atoms with Crippen molar-refractivity contribution in [2.24, 2.45) is 0 Å². The van der Waals surface area contributed by atoms with Crippen LogP contribution in [-0.2, 0) is 19.5 Å². The van der Waals surface area contributed by atoms with Gasteiger partial charge in [0, 0.05) is 6.92 Å². The quantitative estimate of drug-likeness (QED) is 0.517. The van der Waals surface area contributed by atoms with E-state index in [0.717, 1.165) is 18.1 Å². The molecule has 1 amide bonds. The van der Waals surface area contributed by atoms with Crippen molar-refractivity contribution in [1.82, 2.24) is 0 Å². The lowest BCUT2D eigenvalue weighted by atomic mass is 10.1. The normalized spacial score (nSPS) is 11.6. The van der Waals surface area contributed by atoms with Crippen LogP contribution >= 0.6 is 0 Å². The molecule has 0 radical (unpaired) electrons. The maximum Gasteiger partial charge on any atom is 0.418 e. The van der Waals surface area contributed by atoms with Crippen molar-refractivity contribution in [3.8, 4) is 0 Å². The van der Waals surface area contributed by atoms with E-state index < -0.39 is 16.3 Å². The molecule has 7 heteroatoms. The second-order valence-corrected chi connectivity index (χ2v) is 5.66. The lowest BCUT2D eigenvalue weighted by Crippen LogP contribution is -2.31. The van der Waals surface area contributed by atoms with Crippen LogP contribution in [0.1, 0.15) is 18.1 Å². The van der Waals surface area contributed by atoms with Gasteiger partial charge in [0.1, 0.15) is 0 Å². The van der Waals surface area contributed by atoms with Crippen molar-refractivity contribution in [2.45, 2.75) is 6.92 Å². The van der Waals surface area contributed by atoms with Crippen molar-refractivity contribution in [2.75, 3.05) is 5.06 Å². The third-order valence-electron chi connectivity index (χ3n) is 2.85. The number of benzene rings is 2. The Labute approximate surface area is 134 Å². The van der Waals surface area contributed by atoms with Crippen LogP contribution < -0.4 is 5.06 Å². The smallest absolute Gasteiger partial charge is 0.272 e. The highest BCUT2D eigenvalue weighted by atomic mass is 32.3. The molecule has 2 rings (SSSR count). The van der Waals surface area contributed by atoms with Crippen molar-refractivity contribution >= 4 is 34.1 Å². The number of carbonyl (C=O) groups excluding carboxylic acids is 1. The van der Waals surface area contributed by atoms with Gasteiger partial charge < -0.3 is 0 Å². The molecule has 23 heavy (non-hydrogen) atoms. The zero-order valence-electron chi connectivity index (χ0n) is 12.3. The Morgan fingerprint density at radius 1 is 1.00 bits per heavy atom. The zero-order valence-corrected chi connectivity index (χ0v) is 13.1. The van der Waals surface area contributed by atoms with Crippen LogP contribution in [0.15, 0.2) is 54.6 Å². The Bertz CT molecular complexity index is 798. The molecule has 0 saturated heterocycles. The van der Waals surface area contributed by atoms with Gasteiger partial charge in [0.2, 0.25) is 5.91 Å². The van der Waals surface area contributed by atoms with E-state index in [0.29, 0.717) is 5.06 Å². The minimum atomic E-state index is -4.78. The predicted octanol–water partition coefficient (Wildman–Crippen LogP) is 2.94. The van der Waals surface area contributed by atoms with Gasteiger partial charge in [-0.25, -0.2) is 0 Å². The average Bonchev–Trinajstić information content (AvgIpc) is 2.51. The van der Waals surface area contributed by atoms with Crippen molar-refractivity contribution in [3.05, 3.63) is 65.7 Å². The topological polar surface area (TPSA) is 83.9 Å². The molecule has 2 aromatic rings. The van der Waals surface area contributed by atoms with Gasteiger partial charge in [-0.15, -0.1) is 4.28 Å². The van der Waals surface area contributed by atoms with E-state index in [2.05, 4.69) is 4.28 Å². The number of carbonyl (C=O) groups is 1. The number of hydrogen-bond donors (Lipinski definition) is 1. The number of hydroxylamine groups is 1. The van der Waals surface area contributed by atoms with E-state index in [1.165, 1.54) is 12.1 Å². The highest BCUT2D eigenvalue weighted by molar-refractivity contribution is 7.81. The van der Waals surface area contributed by atoms with Crippen molar-refractivity contribution in [1.29, 1.82) is 0 Å². The van der Waals surface area contributed by atoms with Gasteiger partial charge in [-0.2, -0.15) is 13.5 Å². The summed E-state index contributed by atoms with van der Waals surface area (Å²) in [5.41, 5.74) is 2.08. The van der Waals surface area contributed by atoms with Crippen molar-refractivity contribution in [3.63, 3.8) is 0 Å². The van der Waals surface area contributed by atoms with Gasteiger partial charge in [-0.05, 0) is 23.3 Å². The second-order valence-electron chi connectivity index (χ2n) is 4.65. The molecule has 1 N–H and O–H groups in total. The lowest BCUT2D eigenvalue weighted by molar-refractivity contribution is -0.120. The monoisotopic (exact) mass is 333 g/mol. The first-order valence-electron chi connectivity index (χ1n) is 6.66. The fourth-order valence-electron chi connectivity index (χ4n) is 1.85. The average molecular weight is 333 g/mol. The molecule has 0 fully saturated rings. The number of hydrogen-bond acceptors (Lipinski definition) is 4. The van der Waals surface area contributed by atoms with Crippen LogP contribution in [0.5, 0.6) is 0 Å². The van der Waals surface area contributed by atoms with Crippen LogP contribution in [0.2, 0.25) is 0 Å². The molecule has 0 unspecified atom stereocenters. The predicted molar refractivity (Wildman–Crippen MR) is 87.6 cm³/mol. The van der Waals surface area contributed by atoms with Gasteiger partial charge in [-0.1, -0.05) is 54.6 Å².